The maximum absolute atomic E-state index is 10.0. The van der Waals surface area contributed by atoms with Crippen LogP contribution in [0, 0.1) is 5.92 Å². The van der Waals surface area contributed by atoms with Crippen molar-refractivity contribution in [2.45, 2.75) is 68.5 Å². The Morgan fingerprint density at radius 2 is 1.97 bits per heavy atom. The van der Waals surface area contributed by atoms with Gasteiger partial charge in [-0.2, -0.15) is 0 Å². The SMILES string of the molecule is CCC(N1c2ccccc2Sc2ccc(C(=S)NCCC(C)C)cc21)N1CCC[C@H]1CO. The molecule has 4 nitrogen and oxygen atoms in total. The maximum atomic E-state index is 10.0. The first-order valence-corrected chi connectivity index (χ1v) is 13.1. The number of hydrogen-bond acceptors (Lipinski definition) is 5. The smallest absolute Gasteiger partial charge is 0.106 e. The van der Waals surface area contributed by atoms with E-state index in [2.05, 4.69) is 78.4 Å². The highest BCUT2D eigenvalue weighted by molar-refractivity contribution is 7.99. The summed E-state index contributed by atoms with van der Waals surface area (Å²) in [6, 6.07) is 15.5. The summed E-state index contributed by atoms with van der Waals surface area (Å²) in [7, 11) is 0. The summed E-state index contributed by atoms with van der Waals surface area (Å²) in [5.74, 6) is 0.655. The van der Waals surface area contributed by atoms with Gasteiger partial charge in [-0.1, -0.05) is 63.0 Å². The number of fused-ring (bicyclic) bond motifs is 2. The lowest BCUT2D eigenvalue weighted by molar-refractivity contribution is 0.118. The van der Waals surface area contributed by atoms with Crippen LogP contribution in [-0.2, 0) is 0 Å². The Morgan fingerprint density at radius 1 is 1.19 bits per heavy atom. The van der Waals surface area contributed by atoms with Crippen molar-refractivity contribution in [2.24, 2.45) is 5.92 Å². The number of anilines is 2. The molecule has 2 N–H and O–H groups in total. The van der Waals surface area contributed by atoms with E-state index in [1.165, 1.54) is 21.2 Å². The fourth-order valence-electron chi connectivity index (χ4n) is 4.83. The van der Waals surface area contributed by atoms with Gasteiger partial charge in [-0.15, -0.1) is 0 Å². The highest BCUT2D eigenvalue weighted by atomic mass is 32.2. The molecule has 1 fully saturated rings. The van der Waals surface area contributed by atoms with Gasteiger partial charge in [0, 0.05) is 34.5 Å². The Morgan fingerprint density at radius 3 is 2.72 bits per heavy atom. The van der Waals surface area contributed by atoms with E-state index in [1.54, 1.807) is 0 Å². The van der Waals surface area contributed by atoms with Crippen molar-refractivity contribution in [1.82, 2.24) is 10.2 Å². The maximum Gasteiger partial charge on any atom is 0.106 e. The number of nitrogens with one attached hydrogen (secondary N) is 1. The summed E-state index contributed by atoms with van der Waals surface area (Å²) in [6.07, 6.45) is 4.50. The Hall–Kier alpha value is -1.60. The first-order chi connectivity index (χ1) is 15.5. The minimum Gasteiger partial charge on any atom is -0.395 e. The number of para-hydroxylation sites is 1. The third-order valence-electron chi connectivity index (χ3n) is 6.51. The number of aliphatic hydroxyl groups is 1. The molecule has 172 valence electrons. The number of benzene rings is 2. The number of hydrogen-bond donors (Lipinski definition) is 2. The molecule has 2 aromatic rings. The Balaban J connectivity index is 1.70. The summed E-state index contributed by atoms with van der Waals surface area (Å²) in [4.78, 5) is 8.36. The number of thiocarbonyl (C=S) groups is 1. The van der Waals surface area contributed by atoms with Gasteiger partial charge >= 0.3 is 0 Å². The van der Waals surface area contributed by atoms with Crippen LogP contribution in [0.4, 0.5) is 11.4 Å². The number of rotatable bonds is 8. The van der Waals surface area contributed by atoms with E-state index in [0.29, 0.717) is 5.92 Å². The van der Waals surface area contributed by atoms with Crippen molar-refractivity contribution in [1.29, 1.82) is 0 Å². The average molecular weight is 470 g/mol. The highest BCUT2D eigenvalue weighted by Gasteiger charge is 2.36. The molecule has 0 bridgehead atoms. The van der Waals surface area contributed by atoms with Gasteiger partial charge in [-0.25, -0.2) is 0 Å². The second-order valence-electron chi connectivity index (χ2n) is 9.17. The Labute approximate surface area is 202 Å². The summed E-state index contributed by atoms with van der Waals surface area (Å²) in [6.45, 7) is 8.87. The highest BCUT2D eigenvalue weighted by Crippen LogP contribution is 2.50. The molecule has 2 heterocycles. The predicted octanol–water partition coefficient (Wildman–Crippen LogP) is 5.79. The lowest BCUT2D eigenvalue weighted by atomic mass is 10.1. The molecule has 0 aromatic heterocycles. The first kappa shape index (κ1) is 23.6. The first-order valence-electron chi connectivity index (χ1n) is 11.9. The quantitative estimate of drug-likeness (QED) is 0.477. The second kappa shape index (κ2) is 10.6. The predicted molar refractivity (Wildman–Crippen MR) is 139 cm³/mol. The van der Waals surface area contributed by atoms with E-state index in [-0.39, 0.29) is 18.8 Å². The standard InChI is InChI=1S/C26H35N3OS2/c1-4-25(28-15-7-8-20(28)17-30)29-21-9-5-6-10-23(21)32-24-12-11-19(16-22(24)29)26(31)27-14-13-18(2)3/h5-6,9-12,16,18,20,25,30H,4,7-8,13-15,17H2,1-3H3,(H,27,31)/t20-,25?/m0/s1. The molecule has 0 radical (unpaired) electrons. The van der Waals surface area contributed by atoms with Crippen LogP contribution < -0.4 is 10.2 Å². The van der Waals surface area contributed by atoms with Crippen LogP contribution in [-0.4, -0.2) is 46.9 Å². The minimum atomic E-state index is 0.202. The zero-order valence-electron chi connectivity index (χ0n) is 19.4. The molecule has 6 heteroatoms. The van der Waals surface area contributed by atoms with Crippen molar-refractivity contribution in [3.05, 3.63) is 48.0 Å². The van der Waals surface area contributed by atoms with E-state index >= 15 is 0 Å². The van der Waals surface area contributed by atoms with Crippen LogP contribution >= 0.6 is 24.0 Å². The van der Waals surface area contributed by atoms with Gasteiger partial charge in [0.1, 0.15) is 4.99 Å². The monoisotopic (exact) mass is 469 g/mol. The fourth-order valence-corrected chi connectivity index (χ4v) is 6.11. The van der Waals surface area contributed by atoms with E-state index in [1.807, 2.05) is 11.8 Å². The van der Waals surface area contributed by atoms with Gasteiger partial charge in [0.25, 0.3) is 0 Å². The molecule has 0 aliphatic carbocycles. The molecule has 2 aliphatic rings. The van der Waals surface area contributed by atoms with Crippen LogP contribution in [0.15, 0.2) is 52.3 Å². The lowest BCUT2D eigenvalue weighted by Gasteiger charge is -2.44. The summed E-state index contributed by atoms with van der Waals surface area (Å²) in [5.41, 5.74) is 3.54. The molecule has 2 aliphatic heterocycles. The van der Waals surface area contributed by atoms with E-state index in [0.717, 1.165) is 49.3 Å². The van der Waals surface area contributed by atoms with Crippen molar-refractivity contribution < 1.29 is 5.11 Å². The third-order valence-corrected chi connectivity index (χ3v) is 8.02. The van der Waals surface area contributed by atoms with Crippen LogP contribution in [0.25, 0.3) is 0 Å². The molecule has 1 unspecified atom stereocenters. The number of nitrogens with zero attached hydrogens (tertiary/aromatic N) is 2. The van der Waals surface area contributed by atoms with Gasteiger partial charge in [-0.3, -0.25) is 4.90 Å². The van der Waals surface area contributed by atoms with Gasteiger partial charge < -0.3 is 15.3 Å². The minimum absolute atomic E-state index is 0.202. The summed E-state index contributed by atoms with van der Waals surface area (Å²) >= 11 is 7.59. The molecule has 0 saturated carbocycles. The topological polar surface area (TPSA) is 38.7 Å². The van der Waals surface area contributed by atoms with E-state index in [4.69, 9.17) is 12.2 Å². The van der Waals surface area contributed by atoms with Gasteiger partial charge in [0.05, 0.1) is 24.1 Å². The molecule has 0 amide bonds. The van der Waals surface area contributed by atoms with Crippen LogP contribution in [0.5, 0.6) is 0 Å². The largest absolute Gasteiger partial charge is 0.395 e. The summed E-state index contributed by atoms with van der Waals surface area (Å²) in [5, 5.41) is 13.5. The molecule has 2 atom stereocenters. The van der Waals surface area contributed by atoms with Crippen molar-refractivity contribution in [3.8, 4) is 0 Å². The lowest BCUT2D eigenvalue weighted by Crippen LogP contribution is -2.50. The normalized spacial score (nSPS) is 19.0. The van der Waals surface area contributed by atoms with E-state index < -0.39 is 0 Å². The molecule has 0 spiro atoms. The Kier molecular flexibility index (Phi) is 7.77. The van der Waals surface area contributed by atoms with Gasteiger partial charge in [0.15, 0.2) is 0 Å². The number of aliphatic hydroxyl groups excluding tert-OH is 1. The summed E-state index contributed by atoms with van der Waals surface area (Å²) < 4.78 is 0. The molecule has 2 aromatic carbocycles. The molecular weight excluding hydrogens is 434 g/mol. The molecule has 32 heavy (non-hydrogen) atoms. The van der Waals surface area contributed by atoms with Crippen molar-refractivity contribution in [3.63, 3.8) is 0 Å². The van der Waals surface area contributed by atoms with Crippen molar-refractivity contribution >= 4 is 40.3 Å². The van der Waals surface area contributed by atoms with Gasteiger partial charge in [-0.05, 0) is 55.9 Å². The average Bonchev–Trinajstić information content (AvgIpc) is 3.27. The third kappa shape index (κ3) is 4.84. The van der Waals surface area contributed by atoms with Gasteiger partial charge in [0.2, 0.25) is 0 Å². The second-order valence-corrected chi connectivity index (χ2v) is 10.7. The van der Waals surface area contributed by atoms with Crippen LogP contribution in [0.2, 0.25) is 0 Å². The zero-order valence-corrected chi connectivity index (χ0v) is 21.0. The molecule has 4 rings (SSSR count). The molecule has 1 saturated heterocycles. The Bertz CT molecular complexity index is 948. The zero-order chi connectivity index (χ0) is 22.7. The van der Waals surface area contributed by atoms with E-state index in [9.17, 15) is 5.11 Å². The van der Waals surface area contributed by atoms with Crippen LogP contribution in [0.3, 0.4) is 0 Å². The van der Waals surface area contributed by atoms with Crippen LogP contribution in [0.1, 0.15) is 52.0 Å². The molecular formula is C26H35N3OS2. The number of likely N-dealkylation sites (tertiary alicyclic amines) is 1. The van der Waals surface area contributed by atoms with Crippen molar-refractivity contribution in [2.75, 3.05) is 24.6 Å². The fraction of sp³-hybridized carbons (Fsp3) is 0.500.